The van der Waals surface area contributed by atoms with Crippen molar-refractivity contribution in [1.29, 1.82) is 0 Å². The SMILES string of the molecule is O=C(CNc1ccccc1I)Nc1ccc(F)cc1F. The van der Waals surface area contributed by atoms with Crippen LogP contribution >= 0.6 is 22.6 Å². The van der Waals surface area contributed by atoms with E-state index in [1.165, 1.54) is 6.07 Å². The zero-order valence-corrected chi connectivity index (χ0v) is 12.4. The van der Waals surface area contributed by atoms with E-state index in [1.54, 1.807) is 0 Å². The molecule has 2 aromatic carbocycles. The molecule has 3 nitrogen and oxygen atoms in total. The van der Waals surface area contributed by atoms with E-state index in [2.05, 4.69) is 33.2 Å². The smallest absolute Gasteiger partial charge is 0.243 e. The number of anilines is 2. The van der Waals surface area contributed by atoms with Crippen molar-refractivity contribution in [3.05, 3.63) is 57.7 Å². The van der Waals surface area contributed by atoms with Gasteiger partial charge in [-0.05, 0) is 46.9 Å². The van der Waals surface area contributed by atoms with Crippen LogP contribution < -0.4 is 10.6 Å². The van der Waals surface area contributed by atoms with Gasteiger partial charge in [-0.25, -0.2) is 8.78 Å². The molecule has 0 aliphatic carbocycles. The molecule has 2 rings (SSSR count). The lowest BCUT2D eigenvalue weighted by atomic mass is 10.3. The summed E-state index contributed by atoms with van der Waals surface area (Å²) in [6, 6.07) is 10.5. The summed E-state index contributed by atoms with van der Waals surface area (Å²) in [6.07, 6.45) is 0. The summed E-state index contributed by atoms with van der Waals surface area (Å²) in [5, 5.41) is 5.33. The maximum atomic E-state index is 13.4. The molecule has 0 fully saturated rings. The van der Waals surface area contributed by atoms with Crippen LogP contribution in [-0.2, 0) is 4.79 Å². The summed E-state index contributed by atoms with van der Waals surface area (Å²) in [5.41, 5.74) is 0.781. The van der Waals surface area contributed by atoms with Gasteiger partial charge in [0, 0.05) is 15.3 Å². The van der Waals surface area contributed by atoms with Crippen molar-refractivity contribution in [3.8, 4) is 0 Å². The predicted molar refractivity (Wildman–Crippen MR) is 82.6 cm³/mol. The van der Waals surface area contributed by atoms with Crippen LogP contribution in [0.3, 0.4) is 0 Å². The van der Waals surface area contributed by atoms with Gasteiger partial charge in [0.1, 0.15) is 11.6 Å². The van der Waals surface area contributed by atoms with Crippen LogP contribution in [0.2, 0.25) is 0 Å². The number of benzene rings is 2. The van der Waals surface area contributed by atoms with E-state index in [9.17, 15) is 13.6 Å². The number of para-hydroxylation sites is 1. The van der Waals surface area contributed by atoms with Crippen LogP contribution in [0, 0.1) is 15.2 Å². The molecule has 0 bridgehead atoms. The Morgan fingerprint density at radius 1 is 1.10 bits per heavy atom. The number of carbonyl (C=O) groups excluding carboxylic acids is 1. The van der Waals surface area contributed by atoms with Crippen LogP contribution in [0.15, 0.2) is 42.5 Å². The minimum atomic E-state index is -0.798. The van der Waals surface area contributed by atoms with E-state index >= 15 is 0 Å². The molecule has 0 saturated heterocycles. The largest absolute Gasteiger partial charge is 0.375 e. The number of amides is 1. The molecule has 0 aromatic heterocycles. The van der Waals surface area contributed by atoms with Gasteiger partial charge in [0.2, 0.25) is 5.91 Å². The van der Waals surface area contributed by atoms with E-state index in [-0.39, 0.29) is 12.2 Å². The molecule has 0 saturated carbocycles. The maximum Gasteiger partial charge on any atom is 0.243 e. The van der Waals surface area contributed by atoms with Gasteiger partial charge in [-0.15, -0.1) is 0 Å². The Balaban J connectivity index is 1.94. The molecular formula is C14H11F2IN2O. The quantitative estimate of drug-likeness (QED) is 0.786. The van der Waals surface area contributed by atoms with Crippen molar-refractivity contribution in [1.82, 2.24) is 0 Å². The Hall–Kier alpha value is -1.70. The molecule has 0 radical (unpaired) electrons. The van der Waals surface area contributed by atoms with Crippen LogP contribution in [0.4, 0.5) is 20.2 Å². The summed E-state index contributed by atoms with van der Waals surface area (Å²) in [5.74, 6) is -1.89. The van der Waals surface area contributed by atoms with Gasteiger partial charge in [0.25, 0.3) is 0 Å². The van der Waals surface area contributed by atoms with Crippen LogP contribution in [0.25, 0.3) is 0 Å². The van der Waals surface area contributed by atoms with Gasteiger partial charge in [-0.1, -0.05) is 12.1 Å². The molecule has 20 heavy (non-hydrogen) atoms. The topological polar surface area (TPSA) is 41.1 Å². The molecule has 0 spiro atoms. The van der Waals surface area contributed by atoms with Crippen LogP contribution in [-0.4, -0.2) is 12.5 Å². The number of hydrogen-bond donors (Lipinski definition) is 2. The highest BCUT2D eigenvalue weighted by Crippen LogP contribution is 2.17. The molecule has 0 unspecified atom stereocenters. The third-order valence-electron chi connectivity index (χ3n) is 2.52. The zero-order valence-electron chi connectivity index (χ0n) is 10.3. The zero-order chi connectivity index (χ0) is 14.5. The maximum absolute atomic E-state index is 13.4. The minimum Gasteiger partial charge on any atom is -0.375 e. The van der Waals surface area contributed by atoms with E-state index < -0.39 is 17.5 Å². The van der Waals surface area contributed by atoms with Gasteiger partial charge >= 0.3 is 0 Å². The molecule has 1 amide bonds. The van der Waals surface area contributed by atoms with Crippen molar-refractivity contribution >= 4 is 39.9 Å². The minimum absolute atomic E-state index is 0.00314. The van der Waals surface area contributed by atoms with Crippen molar-refractivity contribution in [2.75, 3.05) is 17.2 Å². The standard InChI is InChI=1S/C14H11F2IN2O/c15-9-5-6-12(10(16)7-9)19-14(20)8-18-13-4-2-1-3-11(13)17/h1-7,18H,8H2,(H,19,20). The van der Waals surface area contributed by atoms with Crippen LogP contribution in [0.1, 0.15) is 0 Å². The highest BCUT2D eigenvalue weighted by atomic mass is 127. The van der Waals surface area contributed by atoms with Gasteiger partial charge in [0.05, 0.1) is 12.2 Å². The van der Waals surface area contributed by atoms with E-state index in [4.69, 9.17) is 0 Å². The summed E-state index contributed by atoms with van der Waals surface area (Å²) in [4.78, 5) is 11.7. The van der Waals surface area contributed by atoms with E-state index in [0.717, 1.165) is 21.4 Å². The molecule has 0 atom stereocenters. The summed E-state index contributed by atoms with van der Waals surface area (Å²) in [7, 11) is 0. The Bertz CT molecular complexity index is 634. The average Bonchev–Trinajstić information content (AvgIpc) is 2.41. The lowest BCUT2D eigenvalue weighted by molar-refractivity contribution is -0.114. The van der Waals surface area contributed by atoms with E-state index in [0.29, 0.717) is 0 Å². The Kier molecular flexibility index (Phi) is 4.89. The van der Waals surface area contributed by atoms with Crippen molar-refractivity contribution in [3.63, 3.8) is 0 Å². The second-order valence-corrected chi connectivity index (χ2v) is 5.17. The Labute approximate surface area is 128 Å². The van der Waals surface area contributed by atoms with Crippen molar-refractivity contribution in [2.24, 2.45) is 0 Å². The second-order valence-electron chi connectivity index (χ2n) is 4.01. The normalized spacial score (nSPS) is 10.2. The van der Waals surface area contributed by atoms with Gasteiger partial charge in [-0.2, -0.15) is 0 Å². The number of nitrogens with one attached hydrogen (secondary N) is 2. The lowest BCUT2D eigenvalue weighted by Crippen LogP contribution is -2.22. The molecule has 0 aliphatic heterocycles. The van der Waals surface area contributed by atoms with Gasteiger partial charge < -0.3 is 10.6 Å². The highest BCUT2D eigenvalue weighted by molar-refractivity contribution is 14.1. The third kappa shape index (κ3) is 3.89. The first-order valence-electron chi connectivity index (χ1n) is 5.79. The first-order chi connectivity index (χ1) is 9.56. The molecule has 0 heterocycles. The molecule has 2 aromatic rings. The number of rotatable bonds is 4. The second kappa shape index (κ2) is 6.65. The number of carbonyl (C=O) groups is 1. The summed E-state index contributed by atoms with van der Waals surface area (Å²) >= 11 is 2.14. The molecule has 104 valence electrons. The molecule has 2 N–H and O–H groups in total. The number of hydrogen-bond acceptors (Lipinski definition) is 2. The highest BCUT2D eigenvalue weighted by Gasteiger charge is 2.08. The first-order valence-corrected chi connectivity index (χ1v) is 6.87. The van der Waals surface area contributed by atoms with Gasteiger partial charge in [0.15, 0.2) is 0 Å². The summed E-state index contributed by atoms with van der Waals surface area (Å²) < 4.78 is 27.1. The molecule has 0 aliphatic rings. The van der Waals surface area contributed by atoms with Crippen LogP contribution in [0.5, 0.6) is 0 Å². The predicted octanol–water partition coefficient (Wildman–Crippen LogP) is 3.62. The fraction of sp³-hybridized carbons (Fsp3) is 0.0714. The Morgan fingerprint density at radius 2 is 1.85 bits per heavy atom. The first kappa shape index (κ1) is 14.7. The monoisotopic (exact) mass is 388 g/mol. The lowest BCUT2D eigenvalue weighted by Gasteiger charge is -2.09. The molecular weight excluding hydrogens is 377 g/mol. The fourth-order valence-electron chi connectivity index (χ4n) is 1.57. The van der Waals surface area contributed by atoms with Crippen molar-refractivity contribution < 1.29 is 13.6 Å². The van der Waals surface area contributed by atoms with Gasteiger partial charge in [-0.3, -0.25) is 4.79 Å². The fourth-order valence-corrected chi connectivity index (χ4v) is 2.14. The third-order valence-corrected chi connectivity index (χ3v) is 3.46. The van der Waals surface area contributed by atoms with Crippen molar-refractivity contribution in [2.45, 2.75) is 0 Å². The molecule has 6 heteroatoms. The summed E-state index contributed by atoms with van der Waals surface area (Å²) in [6.45, 7) is -0.00314. The Morgan fingerprint density at radius 3 is 2.55 bits per heavy atom. The number of halogens is 3. The average molecular weight is 388 g/mol. The van der Waals surface area contributed by atoms with E-state index in [1.807, 2.05) is 24.3 Å².